The molecule has 0 bridgehead atoms. The van der Waals surface area contributed by atoms with Crippen LogP contribution in [0.3, 0.4) is 0 Å². The van der Waals surface area contributed by atoms with Crippen molar-refractivity contribution < 1.29 is 9.53 Å². The number of nitrogen functional groups attached to an aromatic ring is 1. The van der Waals surface area contributed by atoms with E-state index in [1.807, 2.05) is 0 Å². The van der Waals surface area contributed by atoms with Crippen molar-refractivity contribution in [1.29, 1.82) is 0 Å². The van der Waals surface area contributed by atoms with Crippen LogP contribution in [0.15, 0.2) is 18.2 Å². The molecule has 0 aliphatic carbocycles. The molecule has 1 rings (SSSR count). The summed E-state index contributed by atoms with van der Waals surface area (Å²) in [4.78, 5) is 11.4. The van der Waals surface area contributed by atoms with Gasteiger partial charge in [-0.15, -0.1) is 0 Å². The Morgan fingerprint density at radius 1 is 1.41 bits per heavy atom. The van der Waals surface area contributed by atoms with E-state index in [4.69, 9.17) is 5.73 Å². The van der Waals surface area contributed by atoms with Crippen molar-refractivity contribution in [2.75, 3.05) is 18.2 Å². The fourth-order valence-electron chi connectivity index (χ4n) is 1.64. The van der Waals surface area contributed by atoms with Gasteiger partial charge in [-0.2, -0.15) is 0 Å². The average Bonchev–Trinajstić information content (AvgIpc) is 2.36. The first-order chi connectivity index (χ1) is 8.12. The summed E-state index contributed by atoms with van der Waals surface area (Å²) >= 11 is 0. The summed E-state index contributed by atoms with van der Waals surface area (Å²) in [6.45, 7) is 4.23. The highest BCUT2D eigenvalue weighted by Crippen LogP contribution is 2.22. The molecule has 0 saturated heterocycles. The molecule has 17 heavy (non-hydrogen) atoms. The minimum Gasteiger partial charge on any atom is -0.465 e. The van der Waals surface area contributed by atoms with Gasteiger partial charge in [0, 0.05) is 6.04 Å². The molecule has 0 spiro atoms. The molecule has 1 aromatic carbocycles. The third kappa shape index (κ3) is 3.37. The number of carbonyl (C=O) groups excluding carboxylic acids is 1. The molecule has 0 unspecified atom stereocenters. The second-order valence-electron chi connectivity index (χ2n) is 3.95. The number of benzene rings is 1. The van der Waals surface area contributed by atoms with E-state index in [9.17, 15) is 4.79 Å². The average molecular weight is 236 g/mol. The molecule has 0 fully saturated rings. The van der Waals surface area contributed by atoms with Crippen LogP contribution < -0.4 is 11.1 Å². The molecule has 0 aliphatic rings. The van der Waals surface area contributed by atoms with E-state index in [0.29, 0.717) is 17.3 Å². The Morgan fingerprint density at radius 3 is 2.59 bits per heavy atom. The van der Waals surface area contributed by atoms with Gasteiger partial charge >= 0.3 is 5.97 Å². The number of rotatable bonds is 5. The lowest BCUT2D eigenvalue weighted by Crippen LogP contribution is -2.18. The molecule has 4 heteroatoms. The van der Waals surface area contributed by atoms with Crippen LogP contribution in [0, 0.1) is 0 Å². The van der Waals surface area contributed by atoms with Crippen LogP contribution in [0.1, 0.15) is 37.0 Å². The summed E-state index contributed by atoms with van der Waals surface area (Å²) in [5, 5.41) is 3.33. The molecule has 1 aromatic rings. The molecule has 3 N–H and O–H groups in total. The number of ether oxygens (including phenoxy) is 1. The van der Waals surface area contributed by atoms with Crippen LogP contribution in [-0.2, 0) is 4.74 Å². The number of hydrogen-bond donors (Lipinski definition) is 2. The van der Waals surface area contributed by atoms with Crippen LogP contribution in [0.5, 0.6) is 0 Å². The lowest BCUT2D eigenvalue weighted by molar-refractivity contribution is 0.0601. The van der Waals surface area contributed by atoms with Crippen molar-refractivity contribution in [3.05, 3.63) is 23.8 Å². The van der Waals surface area contributed by atoms with E-state index >= 15 is 0 Å². The van der Waals surface area contributed by atoms with E-state index < -0.39 is 0 Å². The number of esters is 1. The smallest absolute Gasteiger partial charge is 0.337 e. The molecule has 0 amide bonds. The Labute approximate surface area is 102 Å². The van der Waals surface area contributed by atoms with Gasteiger partial charge in [0.15, 0.2) is 0 Å². The Hall–Kier alpha value is -1.71. The van der Waals surface area contributed by atoms with E-state index in [2.05, 4.69) is 23.9 Å². The van der Waals surface area contributed by atoms with Gasteiger partial charge in [0.1, 0.15) is 0 Å². The Morgan fingerprint density at radius 2 is 2.06 bits per heavy atom. The molecule has 0 heterocycles. The minimum atomic E-state index is -0.349. The minimum absolute atomic E-state index is 0.349. The molecule has 4 nitrogen and oxygen atoms in total. The van der Waals surface area contributed by atoms with Crippen molar-refractivity contribution in [3.63, 3.8) is 0 Å². The van der Waals surface area contributed by atoms with E-state index in [1.165, 1.54) is 7.11 Å². The molecule has 0 atom stereocenters. The third-order valence-electron chi connectivity index (χ3n) is 2.82. The second-order valence-corrected chi connectivity index (χ2v) is 3.95. The number of nitrogens with one attached hydrogen (secondary N) is 1. The van der Waals surface area contributed by atoms with Crippen LogP contribution in [0.4, 0.5) is 11.4 Å². The predicted octanol–water partition coefficient (Wildman–Crippen LogP) is 2.66. The summed E-state index contributed by atoms with van der Waals surface area (Å²) in [7, 11) is 1.37. The number of methoxy groups -OCH3 is 1. The predicted molar refractivity (Wildman–Crippen MR) is 70.2 cm³/mol. The van der Waals surface area contributed by atoms with Crippen LogP contribution in [-0.4, -0.2) is 19.1 Å². The van der Waals surface area contributed by atoms with Crippen molar-refractivity contribution >= 4 is 17.3 Å². The van der Waals surface area contributed by atoms with Gasteiger partial charge in [-0.3, -0.25) is 0 Å². The zero-order valence-corrected chi connectivity index (χ0v) is 10.6. The number of hydrogen-bond acceptors (Lipinski definition) is 4. The highest BCUT2D eigenvalue weighted by Gasteiger charge is 2.10. The first-order valence-electron chi connectivity index (χ1n) is 5.86. The quantitative estimate of drug-likeness (QED) is 0.609. The summed E-state index contributed by atoms with van der Waals surface area (Å²) in [5.41, 5.74) is 7.82. The van der Waals surface area contributed by atoms with Gasteiger partial charge in [-0.25, -0.2) is 4.79 Å². The van der Waals surface area contributed by atoms with Gasteiger partial charge in [-0.1, -0.05) is 13.8 Å². The van der Waals surface area contributed by atoms with Gasteiger partial charge in [0.2, 0.25) is 0 Å². The van der Waals surface area contributed by atoms with Crippen molar-refractivity contribution in [1.82, 2.24) is 0 Å². The molecule has 94 valence electrons. The SMILES string of the molecule is CCC(CC)Nc1cc(C(=O)OC)ccc1N. The molecular weight excluding hydrogens is 216 g/mol. The van der Waals surface area contributed by atoms with Crippen LogP contribution in [0.2, 0.25) is 0 Å². The lowest BCUT2D eigenvalue weighted by atomic mass is 10.1. The van der Waals surface area contributed by atoms with Gasteiger partial charge in [0.25, 0.3) is 0 Å². The molecule has 0 aromatic heterocycles. The zero-order chi connectivity index (χ0) is 12.8. The monoisotopic (exact) mass is 236 g/mol. The topological polar surface area (TPSA) is 64.3 Å². The standard InChI is InChI=1S/C13H20N2O2/c1-4-10(5-2)15-12-8-9(13(16)17-3)6-7-11(12)14/h6-8,10,15H,4-5,14H2,1-3H3. The largest absolute Gasteiger partial charge is 0.465 e. The maximum Gasteiger partial charge on any atom is 0.337 e. The van der Waals surface area contributed by atoms with E-state index in [0.717, 1.165) is 18.5 Å². The zero-order valence-electron chi connectivity index (χ0n) is 10.6. The summed E-state index contributed by atoms with van der Waals surface area (Å²) in [6, 6.07) is 5.49. The molecule has 0 aliphatic heterocycles. The maximum absolute atomic E-state index is 11.4. The number of carbonyl (C=O) groups is 1. The van der Waals surface area contributed by atoms with Crippen LogP contribution in [0.25, 0.3) is 0 Å². The first kappa shape index (κ1) is 13.4. The molecule has 0 saturated carbocycles. The lowest BCUT2D eigenvalue weighted by Gasteiger charge is -2.18. The Bertz CT molecular complexity index is 387. The third-order valence-corrected chi connectivity index (χ3v) is 2.82. The van der Waals surface area contributed by atoms with Crippen molar-refractivity contribution in [2.24, 2.45) is 0 Å². The summed E-state index contributed by atoms with van der Waals surface area (Å²) in [6.07, 6.45) is 2.02. The Kier molecular flexibility index (Phi) is 4.82. The second kappa shape index (κ2) is 6.13. The van der Waals surface area contributed by atoms with Crippen molar-refractivity contribution in [2.45, 2.75) is 32.7 Å². The van der Waals surface area contributed by atoms with E-state index in [1.54, 1.807) is 18.2 Å². The fraction of sp³-hybridized carbons (Fsp3) is 0.462. The number of nitrogens with two attached hydrogens (primary N) is 1. The first-order valence-corrected chi connectivity index (χ1v) is 5.86. The number of anilines is 2. The maximum atomic E-state index is 11.4. The van der Waals surface area contributed by atoms with E-state index in [-0.39, 0.29) is 5.97 Å². The van der Waals surface area contributed by atoms with Gasteiger partial charge in [-0.05, 0) is 31.0 Å². The molecular formula is C13H20N2O2. The molecule has 0 radical (unpaired) electrons. The summed E-state index contributed by atoms with van der Waals surface area (Å²) < 4.78 is 4.68. The Balaban J connectivity index is 2.94. The van der Waals surface area contributed by atoms with Gasteiger partial charge in [0.05, 0.1) is 24.0 Å². The normalized spacial score (nSPS) is 10.4. The van der Waals surface area contributed by atoms with Crippen LogP contribution >= 0.6 is 0 Å². The van der Waals surface area contributed by atoms with Crippen molar-refractivity contribution in [3.8, 4) is 0 Å². The highest BCUT2D eigenvalue weighted by atomic mass is 16.5. The fourth-order valence-corrected chi connectivity index (χ4v) is 1.64. The highest BCUT2D eigenvalue weighted by molar-refractivity contribution is 5.91. The summed E-state index contributed by atoms with van der Waals surface area (Å²) in [5.74, 6) is -0.349. The van der Waals surface area contributed by atoms with Gasteiger partial charge < -0.3 is 15.8 Å².